The second-order valence-electron chi connectivity index (χ2n) is 5.05. The summed E-state index contributed by atoms with van der Waals surface area (Å²) < 4.78 is 0. The minimum atomic E-state index is 0.194. The second kappa shape index (κ2) is 6.57. The number of rotatable bonds is 4. The Morgan fingerprint density at radius 2 is 1.89 bits per heavy atom. The number of benzene rings is 1. The Kier molecular flexibility index (Phi) is 4.80. The third-order valence-electron chi connectivity index (χ3n) is 3.68. The molecule has 0 radical (unpaired) electrons. The molecule has 2 rings (SSSR count). The minimum absolute atomic E-state index is 0.194. The number of amides is 1. The summed E-state index contributed by atoms with van der Waals surface area (Å²) in [6.45, 7) is 6.14. The van der Waals surface area contributed by atoms with E-state index in [1.54, 1.807) is 0 Å². The number of carbonyl (C=O) groups is 1. The summed E-state index contributed by atoms with van der Waals surface area (Å²) in [6, 6.07) is 8.17. The predicted octanol–water partition coefficient (Wildman–Crippen LogP) is 1.43. The second-order valence-corrected chi connectivity index (χ2v) is 5.05. The average Bonchev–Trinajstić information content (AvgIpc) is 2.45. The molecule has 0 atom stereocenters. The van der Waals surface area contributed by atoms with Crippen LogP contribution < -0.4 is 5.32 Å². The standard InChI is InChI=1S/C15H23N3O/c1-3-13-6-4-5-7-14(13)16-12-15(19)18-10-8-17(2)9-11-18/h4-7,16H,3,8-12H2,1-2H3. The van der Waals surface area contributed by atoms with Gasteiger partial charge in [0.1, 0.15) is 0 Å². The number of nitrogens with one attached hydrogen (secondary N) is 1. The molecule has 1 aliphatic rings. The molecule has 1 saturated heterocycles. The van der Waals surface area contributed by atoms with Gasteiger partial charge in [0.05, 0.1) is 6.54 Å². The zero-order valence-electron chi connectivity index (χ0n) is 11.9. The Balaban J connectivity index is 1.86. The molecule has 1 aliphatic heterocycles. The van der Waals surface area contributed by atoms with Crippen molar-refractivity contribution in [2.24, 2.45) is 0 Å². The van der Waals surface area contributed by atoms with Crippen LogP contribution in [-0.2, 0) is 11.2 Å². The molecule has 4 nitrogen and oxygen atoms in total. The van der Waals surface area contributed by atoms with Crippen molar-refractivity contribution in [3.63, 3.8) is 0 Å². The lowest BCUT2D eigenvalue weighted by Gasteiger charge is -2.32. The number of hydrogen-bond acceptors (Lipinski definition) is 3. The van der Waals surface area contributed by atoms with Crippen molar-refractivity contribution in [3.8, 4) is 0 Å². The van der Waals surface area contributed by atoms with E-state index in [1.807, 2.05) is 23.1 Å². The Morgan fingerprint density at radius 1 is 1.21 bits per heavy atom. The Labute approximate surface area is 115 Å². The Morgan fingerprint density at radius 3 is 2.58 bits per heavy atom. The minimum Gasteiger partial charge on any atom is -0.376 e. The maximum atomic E-state index is 12.1. The molecule has 1 fully saturated rings. The van der Waals surface area contributed by atoms with Gasteiger partial charge in [-0.3, -0.25) is 4.79 Å². The lowest BCUT2D eigenvalue weighted by Crippen LogP contribution is -2.48. The van der Waals surface area contributed by atoms with Crippen LogP contribution in [0.5, 0.6) is 0 Å². The molecule has 1 aromatic rings. The first-order valence-electron chi connectivity index (χ1n) is 6.98. The number of para-hydroxylation sites is 1. The average molecular weight is 261 g/mol. The highest BCUT2D eigenvalue weighted by Crippen LogP contribution is 2.15. The van der Waals surface area contributed by atoms with E-state index >= 15 is 0 Å². The van der Waals surface area contributed by atoms with E-state index in [0.29, 0.717) is 6.54 Å². The fourth-order valence-electron chi connectivity index (χ4n) is 2.34. The van der Waals surface area contributed by atoms with Crippen molar-refractivity contribution in [2.75, 3.05) is 45.1 Å². The first-order valence-corrected chi connectivity index (χ1v) is 6.98. The number of aryl methyl sites for hydroxylation is 1. The molecule has 0 bridgehead atoms. The van der Waals surface area contributed by atoms with Crippen molar-refractivity contribution in [3.05, 3.63) is 29.8 Å². The molecule has 0 aliphatic carbocycles. The van der Waals surface area contributed by atoms with Crippen molar-refractivity contribution < 1.29 is 4.79 Å². The van der Waals surface area contributed by atoms with E-state index in [0.717, 1.165) is 38.3 Å². The van der Waals surface area contributed by atoms with Gasteiger partial charge in [0.2, 0.25) is 5.91 Å². The van der Waals surface area contributed by atoms with Crippen LogP contribution in [0.25, 0.3) is 0 Å². The van der Waals surface area contributed by atoms with Crippen LogP contribution >= 0.6 is 0 Å². The van der Waals surface area contributed by atoms with Crippen LogP contribution in [0.15, 0.2) is 24.3 Å². The van der Waals surface area contributed by atoms with Gasteiger partial charge in [-0.15, -0.1) is 0 Å². The number of piperazine rings is 1. The van der Waals surface area contributed by atoms with Gasteiger partial charge < -0.3 is 15.1 Å². The smallest absolute Gasteiger partial charge is 0.241 e. The van der Waals surface area contributed by atoms with Gasteiger partial charge in [-0.2, -0.15) is 0 Å². The zero-order valence-corrected chi connectivity index (χ0v) is 11.9. The summed E-state index contributed by atoms with van der Waals surface area (Å²) in [7, 11) is 2.09. The van der Waals surface area contributed by atoms with Crippen LogP contribution in [0.4, 0.5) is 5.69 Å². The van der Waals surface area contributed by atoms with Gasteiger partial charge in [-0.25, -0.2) is 0 Å². The maximum Gasteiger partial charge on any atom is 0.241 e. The van der Waals surface area contributed by atoms with Crippen LogP contribution in [0.3, 0.4) is 0 Å². The van der Waals surface area contributed by atoms with Gasteiger partial charge in [-0.1, -0.05) is 25.1 Å². The molecule has 1 heterocycles. The Hall–Kier alpha value is -1.55. The van der Waals surface area contributed by atoms with Crippen molar-refractivity contribution in [1.29, 1.82) is 0 Å². The van der Waals surface area contributed by atoms with Crippen LogP contribution in [-0.4, -0.2) is 55.5 Å². The molecular formula is C15H23N3O. The molecule has 0 saturated carbocycles. The van der Waals surface area contributed by atoms with Gasteiger partial charge >= 0.3 is 0 Å². The largest absolute Gasteiger partial charge is 0.376 e. The van der Waals surface area contributed by atoms with E-state index < -0.39 is 0 Å². The highest BCUT2D eigenvalue weighted by Gasteiger charge is 2.18. The fraction of sp³-hybridized carbons (Fsp3) is 0.533. The van der Waals surface area contributed by atoms with E-state index in [2.05, 4.69) is 30.3 Å². The molecule has 4 heteroatoms. The molecule has 1 amide bonds. The number of hydrogen-bond donors (Lipinski definition) is 1. The first kappa shape index (κ1) is 13.9. The van der Waals surface area contributed by atoms with E-state index in [9.17, 15) is 4.79 Å². The summed E-state index contributed by atoms with van der Waals surface area (Å²) in [4.78, 5) is 16.3. The summed E-state index contributed by atoms with van der Waals surface area (Å²) in [5, 5.41) is 3.27. The molecule has 104 valence electrons. The SMILES string of the molecule is CCc1ccccc1NCC(=O)N1CCN(C)CC1. The van der Waals surface area contributed by atoms with E-state index in [4.69, 9.17) is 0 Å². The summed E-state index contributed by atoms with van der Waals surface area (Å²) in [5.41, 5.74) is 2.33. The van der Waals surface area contributed by atoms with Crippen molar-refractivity contribution in [2.45, 2.75) is 13.3 Å². The third kappa shape index (κ3) is 3.70. The molecule has 1 N–H and O–H groups in total. The third-order valence-corrected chi connectivity index (χ3v) is 3.68. The van der Waals surface area contributed by atoms with E-state index in [-0.39, 0.29) is 5.91 Å². The molecule has 19 heavy (non-hydrogen) atoms. The van der Waals surface area contributed by atoms with Gasteiger partial charge in [0, 0.05) is 31.9 Å². The summed E-state index contributed by atoms with van der Waals surface area (Å²) in [5.74, 6) is 0.194. The van der Waals surface area contributed by atoms with E-state index in [1.165, 1.54) is 5.56 Å². The Bertz CT molecular complexity index is 425. The quantitative estimate of drug-likeness (QED) is 0.891. The number of carbonyl (C=O) groups excluding carboxylic acids is 1. The molecule has 1 aromatic carbocycles. The maximum absolute atomic E-state index is 12.1. The lowest BCUT2D eigenvalue weighted by atomic mass is 10.1. The molecule has 0 unspecified atom stereocenters. The van der Waals surface area contributed by atoms with Crippen molar-refractivity contribution in [1.82, 2.24) is 9.80 Å². The number of nitrogens with zero attached hydrogens (tertiary/aromatic N) is 2. The first-order chi connectivity index (χ1) is 9.20. The number of anilines is 1. The molecule has 0 spiro atoms. The fourth-order valence-corrected chi connectivity index (χ4v) is 2.34. The monoisotopic (exact) mass is 261 g/mol. The zero-order chi connectivity index (χ0) is 13.7. The van der Waals surface area contributed by atoms with Crippen LogP contribution in [0, 0.1) is 0 Å². The van der Waals surface area contributed by atoms with Crippen LogP contribution in [0.2, 0.25) is 0 Å². The number of likely N-dealkylation sites (N-methyl/N-ethyl adjacent to an activating group) is 1. The lowest BCUT2D eigenvalue weighted by molar-refractivity contribution is -0.130. The normalized spacial score (nSPS) is 16.4. The van der Waals surface area contributed by atoms with Gasteiger partial charge in [0.15, 0.2) is 0 Å². The predicted molar refractivity (Wildman–Crippen MR) is 78.4 cm³/mol. The van der Waals surface area contributed by atoms with Crippen molar-refractivity contribution >= 4 is 11.6 Å². The summed E-state index contributed by atoms with van der Waals surface area (Å²) >= 11 is 0. The topological polar surface area (TPSA) is 35.6 Å². The molecular weight excluding hydrogens is 238 g/mol. The van der Waals surface area contributed by atoms with Gasteiger partial charge in [-0.05, 0) is 25.1 Å². The summed E-state index contributed by atoms with van der Waals surface area (Å²) in [6.07, 6.45) is 0.978. The highest BCUT2D eigenvalue weighted by molar-refractivity contribution is 5.81. The highest BCUT2D eigenvalue weighted by atomic mass is 16.2. The van der Waals surface area contributed by atoms with Gasteiger partial charge in [0.25, 0.3) is 0 Å². The van der Waals surface area contributed by atoms with Crippen LogP contribution in [0.1, 0.15) is 12.5 Å². The molecule has 0 aromatic heterocycles.